The molecule has 0 unspecified atom stereocenters. The third kappa shape index (κ3) is 4.23. The zero-order valence-corrected chi connectivity index (χ0v) is 12.2. The number of amides is 2. The number of nitrogens with zero attached hydrogens (tertiary/aromatic N) is 1. The van der Waals surface area contributed by atoms with E-state index in [9.17, 15) is 4.79 Å². The van der Waals surface area contributed by atoms with Crippen LogP contribution in [0.25, 0.3) is 0 Å². The van der Waals surface area contributed by atoms with E-state index in [1.54, 1.807) is 7.11 Å². The number of para-hydroxylation sites is 1. The van der Waals surface area contributed by atoms with Crippen molar-refractivity contribution in [2.45, 2.75) is 32.1 Å². The van der Waals surface area contributed by atoms with Crippen molar-refractivity contribution in [1.29, 1.82) is 0 Å². The Bertz CT molecular complexity index is 426. The van der Waals surface area contributed by atoms with Crippen molar-refractivity contribution in [3.8, 4) is 0 Å². The molecule has 1 heterocycles. The minimum Gasteiger partial charge on any atom is -0.384 e. The molecule has 0 saturated carbocycles. The summed E-state index contributed by atoms with van der Waals surface area (Å²) in [5, 5.41) is 3.05. The summed E-state index contributed by atoms with van der Waals surface area (Å²) in [6, 6.07) is 7.97. The zero-order valence-electron chi connectivity index (χ0n) is 12.2. The molecule has 1 saturated heterocycles. The van der Waals surface area contributed by atoms with Crippen LogP contribution < -0.4 is 5.32 Å². The van der Waals surface area contributed by atoms with E-state index in [1.165, 1.54) is 12.8 Å². The minimum absolute atomic E-state index is 0.0248. The van der Waals surface area contributed by atoms with Gasteiger partial charge in [0, 0.05) is 25.9 Å². The third-order valence-corrected chi connectivity index (χ3v) is 3.73. The summed E-state index contributed by atoms with van der Waals surface area (Å²) in [6.45, 7) is 2.40. The number of nitrogens with one attached hydrogen (secondary N) is 1. The molecule has 0 aromatic heterocycles. The summed E-state index contributed by atoms with van der Waals surface area (Å²) in [4.78, 5) is 14.3. The smallest absolute Gasteiger partial charge is 0.321 e. The first-order valence-corrected chi connectivity index (χ1v) is 7.44. The van der Waals surface area contributed by atoms with Gasteiger partial charge in [-0.1, -0.05) is 31.0 Å². The molecule has 1 aromatic rings. The van der Waals surface area contributed by atoms with Crippen LogP contribution in [-0.2, 0) is 11.2 Å². The van der Waals surface area contributed by atoms with Crippen LogP contribution in [0.3, 0.4) is 0 Å². The third-order valence-electron chi connectivity index (χ3n) is 3.73. The Kier molecular flexibility index (Phi) is 5.87. The number of anilines is 1. The Morgan fingerprint density at radius 3 is 2.60 bits per heavy atom. The van der Waals surface area contributed by atoms with Crippen LogP contribution in [-0.4, -0.2) is 37.7 Å². The Morgan fingerprint density at radius 1 is 1.20 bits per heavy atom. The number of urea groups is 1. The molecule has 0 atom stereocenters. The second-order valence-electron chi connectivity index (χ2n) is 5.23. The van der Waals surface area contributed by atoms with Crippen LogP contribution in [0.15, 0.2) is 24.3 Å². The van der Waals surface area contributed by atoms with Crippen LogP contribution in [0.4, 0.5) is 10.5 Å². The lowest BCUT2D eigenvalue weighted by Gasteiger charge is -2.21. The Labute approximate surface area is 121 Å². The fraction of sp³-hybridized carbons (Fsp3) is 0.562. The first-order chi connectivity index (χ1) is 9.81. The molecule has 0 spiro atoms. The second-order valence-corrected chi connectivity index (χ2v) is 5.23. The first-order valence-electron chi connectivity index (χ1n) is 7.44. The van der Waals surface area contributed by atoms with E-state index in [4.69, 9.17) is 4.74 Å². The van der Waals surface area contributed by atoms with Gasteiger partial charge in [0.05, 0.1) is 6.61 Å². The lowest BCUT2D eigenvalue weighted by atomic mass is 10.1. The van der Waals surface area contributed by atoms with Gasteiger partial charge in [0.2, 0.25) is 0 Å². The Hall–Kier alpha value is -1.55. The molecule has 2 rings (SSSR count). The SMILES string of the molecule is COCCc1ccccc1NC(=O)N1CCCCCC1. The number of rotatable bonds is 4. The van der Waals surface area contributed by atoms with E-state index in [1.807, 2.05) is 29.2 Å². The highest BCUT2D eigenvalue weighted by molar-refractivity contribution is 5.90. The monoisotopic (exact) mass is 276 g/mol. The van der Waals surface area contributed by atoms with E-state index in [-0.39, 0.29) is 6.03 Å². The summed E-state index contributed by atoms with van der Waals surface area (Å²) >= 11 is 0. The molecule has 1 aliphatic heterocycles. The fourth-order valence-electron chi connectivity index (χ4n) is 2.54. The molecule has 0 aliphatic carbocycles. The van der Waals surface area contributed by atoms with Crippen LogP contribution in [0.2, 0.25) is 0 Å². The summed E-state index contributed by atoms with van der Waals surface area (Å²) in [5.41, 5.74) is 2.02. The lowest BCUT2D eigenvalue weighted by molar-refractivity contribution is 0.202. The highest BCUT2D eigenvalue weighted by Crippen LogP contribution is 2.17. The molecule has 1 N–H and O–H groups in total. The average molecular weight is 276 g/mol. The maximum Gasteiger partial charge on any atom is 0.321 e. The number of hydrogen-bond acceptors (Lipinski definition) is 2. The van der Waals surface area contributed by atoms with Gasteiger partial charge >= 0.3 is 6.03 Å². The van der Waals surface area contributed by atoms with E-state index in [0.717, 1.165) is 43.6 Å². The molecule has 4 nitrogen and oxygen atoms in total. The average Bonchev–Trinajstić information content (AvgIpc) is 2.75. The van der Waals surface area contributed by atoms with Crippen molar-refractivity contribution in [3.05, 3.63) is 29.8 Å². The van der Waals surface area contributed by atoms with Gasteiger partial charge in [-0.3, -0.25) is 0 Å². The molecule has 110 valence electrons. The quantitative estimate of drug-likeness (QED) is 0.917. The van der Waals surface area contributed by atoms with Gasteiger partial charge in [0.1, 0.15) is 0 Å². The largest absolute Gasteiger partial charge is 0.384 e. The van der Waals surface area contributed by atoms with Crippen molar-refractivity contribution in [3.63, 3.8) is 0 Å². The van der Waals surface area contributed by atoms with Crippen molar-refractivity contribution in [1.82, 2.24) is 4.90 Å². The van der Waals surface area contributed by atoms with Crippen LogP contribution in [0, 0.1) is 0 Å². The molecule has 0 radical (unpaired) electrons. The summed E-state index contributed by atoms with van der Waals surface area (Å²) in [5.74, 6) is 0. The van der Waals surface area contributed by atoms with Gasteiger partial charge in [-0.25, -0.2) is 4.79 Å². The molecule has 4 heteroatoms. The standard InChI is InChI=1S/C16H24N2O2/c1-20-13-10-14-8-4-5-9-15(14)17-16(19)18-11-6-2-3-7-12-18/h4-5,8-9H,2-3,6-7,10-13H2,1H3,(H,17,19). The number of hydrogen-bond donors (Lipinski definition) is 1. The van der Waals surface area contributed by atoms with Crippen LogP contribution >= 0.6 is 0 Å². The predicted octanol–water partition coefficient (Wildman–Crippen LogP) is 3.28. The van der Waals surface area contributed by atoms with E-state index >= 15 is 0 Å². The van der Waals surface area contributed by atoms with Crippen LogP contribution in [0.1, 0.15) is 31.2 Å². The van der Waals surface area contributed by atoms with Gasteiger partial charge in [0.15, 0.2) is 0 Å². The van der Waals surface area contributed by atoms with Crippen molar-refractivity contribution in [2.75, 3.05) is 32.1 Å². The van der Waals surface area contributed by atoms with Gasteiger partial charge < -0.3 is 15.0 Å². The van der Waals surface area contributed by atoms with Gasteiger partial charge in [-0.2, -0.15) is 0 Å². The normalized spacial score (nSPS) is 15.8. The lowest BCUT2D eigenvalue weighted by Crippen LogP contribution is -2.35. The molecule has 1 fully saturated rings. The maximum atomic E-state index is 12.3. The Morgan fingerprint density at radius 2 is 1.90 bits per heavy atom. The molecule has 1 aliphatic rings. The first kappa shape index (κ1) is 14.9. The molecule has 20 heavy (non-hydrogen) atoms. The molecular formula is C16H24N2O2. The van der Waals surface area contributed by atoms with Crippen LogP contribution in [0.5, 0.6) is 0 Å². The van der Waals surface area contributed by atoms with Crippen molar-refractivity contribution in [2.24, 2.45) is 0 Å². The number of carbonyl (C=O) groups excluding carboxylic acids is 1. The maximum absolute atomic E-state index is 12.3. The summed E-state index contributed by atoms with van der Waals surface area (Å²) in [7, 11) is 1.69. The molecular weight excluding hydrogens is 252 g/mol. The van der Waals surface area contributed by atoms with E-state index in [0.29, 0.717) is 6.61 Å². The number of benzene rings is 1. The zero-order chi connectivity index (χ0) is 14.2. The van der Waals surface area contributed by atoms with Crippen molar-refractivity contribution >= 4 is 11.7 Å². The van der Waals surface area contributed by atoms with Gasteiger partial charge in [0.25, 0.3) is 0 Å². The molecule has 2 amide bonds. The predicted molar refractivity (Wildman–Crippen MR) is 81.1 cm³/mol. The number of methoxy groups -OCH3 is 1. The summed E-state index contributed by atoms with van der Waals surface area (Å²) in [6.07, 6.45) is 5.49. The number of carbonyl (C=O) groups is 1. The van der Waals surface area contributed by atoms with Gasteiger partial charge in [-0.05, 0) is 30.9 Å². The van der Waals surface area contributed by atoms with Crippen molar-refractivity contribution < 1.29 is 9.53 Å². The highest BCUT2D eigenvalue weighted by atomic mass is 16.5. The fourth-order valence-corrected chi connectivity index (χ4v) is 2.54. The van der Waals surface area contributed by atoms with E-state index in [2.05, 4.69) is 5.32 Å². The molecule has 0 bridgehead atoms. The molecule has 1 aromatic carbocycles. The van der Waals surface area contributed by atoms with Gasteiger partial charge in [-0.15, -0.1) is 0 Å². The van der Waals surface area contributed by atoms with E-state index < -0.39 is 0 Å². The minimum atomic E-state index is 0.0248. The second kappa shape index (κ2) is 7.90. The topological polar surface area (TPSA) is 41.6 Å². The highest BCUT2D eigenvalue weighted by Gasteiger charge is 2.16. The Balaban J connectivity index is 1.99. The number of ether oxygens (including phenoxy) is 1. The summed E-state index contributed by atoms with van der Waals surface area (Å²) < 4.78 is 5.12. The number of likely N-dealkylation sites (tertiary alicyclic amines) is 1.